The maximum absolute atomic E-state index is 6.02. The van der Waals surface area contributed by atoms with Crippen LogP contribution in [0.3, 0.4) is 0 Å². The molecule has 20 heavy (non-hydrogen) atoms. The number of aromatic nitrogens is 3. The number of nitrogens with two attached hydrogens (primary N) is 1. The van der Waals surface area contributed by atoms with E-state index in [2.05, 4.69) is 20.3 Å². The first-order valence-electron chi connectivity index (χ1n) is 6.62. The topological polar surface area (TPSA) is 86.0 Å². The Morgan fingerprint density at radius 1 is 1.30 bits per heavy atom. The first-order chi connectivity index (χ1) is 9.78. The number of hydrogen-bond acceptors (Lipinski definition) is 6. The molecule has 3 N–H and O–H groups in total. The van der Waals surface area contributed by atoms with Gasteiger partial charge in [0.1, 0.15) is 11.5 Å². The lowest BCUT2D eigenvalue weighted by Crippen LogP contribution is -2.09. The Morgan fingerprint density at radius 2 is 2.05 bits per heavy atom. The molecule has 0 unspecified atom stereocenters. The summed E-state index contributed by atoms with van der Waals surface area (Å²) in [5, 5.41) is 3.24. The number of anilines is 2. The Kier molecular flexibility index (Phi) is 3.37. The molecular formula is C14H17N5O. The van der Waals surface area contributed by atoms with Crippen molar-refractivity contribution in [2.45, 2.75) is 25.3 Å². The fourth-order valence-electron chi connectivity index (χ4n) is 1.97. The molecule has 1 fully saturated rings. The average molecular weight is 271 g/mol. The predicted octanol–water partition coefficient (Wildman–Crippen LogP) is 1.95. The van der Waals surface area contributed by atoms with Crippen molar-refractivity contribution >= 4 is 11.5 Å². The quantitative estimate of drug-likeness (QED) is 0.864. The second kappa shape index (κ2) is 5.32. The minimum atomic E-state index is 0.444. The maximum atomic E-state index is 6.02. The van der Waals surface area contributed by atoms with Crippen LogP contribution in [0.5, 0.6) is 5.88 Å². The van der Waals surface area contributed by atoms with E-state index in [0.29, 0.717) is 29.8 Å². The van der Waals surface area contributed by atoms with Crippen LogP contribution < -0.4 is 15.8 Å². The largest absolute Gasteiger partial charge is 0.479 e. The van der Waals surface area contributed by atoms with E-state index in [1.165, 1.54) is 0 Å². The normalized spacial score (nSPS) is 14.1. The lowest BCUT2D eigenvalue weighted by Gasteiger charge is -2.12. The van der Waals surface area contributed by atoms with Crippen LogP contribution in [-0.2, 0) is 6.54 Å². The molecule has 0 amide bonds. The molecule has 0 saturated heterocycles. The fourth-order valence-corrected chi connectivity index (χ4v) is 1.97. The molecule has 0 spiro atoms. The summed E-state index contributed by atoms with van der Waals surface area (Å²) in [5.74, 6) is 2.34. The van der Waals surface area contributed by atoms with Crippen molar-refractivity contribution in [2.24, 2.45) is 0 Å². The number of hydrogen-bond donors (Lipinski definition) is 2. The van der Waals surface area contributed by atoms with Crippen LogP contribution in [0, 0.1) is 0 Å². The summed E-state index contributed by atoms with van der Waals surface area (Å²) in [4.78, 5) is 12.9. The van der Waals surface area contributed by atoms with Gasteiger partial charge in [0, 0.05) is 24.9 Å². The van der Waals surface area contributed by atoms with Crippen molar-refractivity contribution in [3.8, 4) is 5.88 Å². The Bertz CT molecular complexity index is 598. The molecule has 3 rings (SSSR count). The monoisotopic (exact) mass is 271 g/mol. The van der Waals surface area contributed by atoms with E-state index in [1.54, 1.807) is 19.5 Å². The summed E-state index contributed by atoms with van der Waals surface area (Å²) in [6.45, 7) is 0.636. The Labute approximate surface area is 117 Å². The van der Waals surface area contributed by atoms with Crippen molar-refractivity contribution in [2.75, 3.05) is 18.2 Å². The highest BCUT2D eigenvalue weighted by Gasteiger charge is 2.28. The molecule has 6 nitrogen and oxygen atoms in total. The van der Waals surface area contributed by atoms with Crippen molar-refractivity contribution in [1.29, 1.82) is 0 Å². The summed E-state index contributed by atoms with van der Waals surface area (Å²) in [5.41, 5.74) is 7.59. The minimum Gasteiger partial charge on any atom is -0.479 e. The second-order valence-electron chi connectivity index (χ2n) is 4.84. The smallest absolute Gasteiger partial charge is 0.242 e. The molecule has 0 atom stereocenters. The van der Waals surface area contributed by atoms with Crippen LogP contribution in [0.25, 0.3) is 0 Å². The molecule has 0 radical (unpaired) electrons. The number of nitrogens with zero attached hydrogens (tertiary/aromatic N) is 3. The van der Waals surface area contributed by atoms with E-state index in [1.807, 2.05) is 12.1 Å². The molecule has 2 aromatic rings. The summed E-state index contributed by atoms with van der Waals surface area (Å²) >= 11 is 0. The summed E-state index contributed by atoms with van der Waals surface area (Å²) < 4.78 is 5.23. The predicted molar refractivity (Wildman–Crippen MR) is 76.5 cm³/mol. The van der Waals surface area contributed by atoms with Gasteiger partial charge >= 0.3 is 0 Å². The van der Waals surface area contributed by atoms with Crippen LogP contribution in [0.1, 0.15) is 30.1 Å². The molecule has 0 aromatic carbocycles. The highest BCUT2D eigenvalue weighted by molar-refractivity contribution is 5.67. The molecule has 1 aliphatic rings. The van der Waals surface area contributed by atoms with E-state index in [4.69, 9.17) is 10.5 Å². The number of nitrogen functional groups attached to an aromatic ring is 1. The summed E-state index contributed by atoms with van der Waals surface area (Å²) in [6.07, 6.45) is 5.79. The van der Waals surface area contributed by atoms with E-state index in [9.17, 15) is 0 Å². The van der Waals surface area contributed by atoms with Crippen molar-refractivity contribution in [1.82, 2.24) is 15.0 Å². The zero-order valence-electron chi connectivity index (χ0n) is 11.3. The lowest BCUT2D eigenvalue weighted by molar-refractivity contribution is 0.397. The van der Waals surface area contributed by atoms with E-state index >= 15 is 0 Å². The van der Waals surface area contributed by atoms with Gasteiger partial charge in [0.05, 0.1) is 7.11 Å². The highest BCUT2D eigenvalue weighted by Crippen LogP contribution is 2.40. The summed E-state index contributed by atoms with van der Waals surface area (Å²) in [7, 11) is 1.57. The third-order valence-electron chi connectivity index (χ3n) is 3.27. The van der Waals surface area contributed by atoms with Crippen LogP contribution in [0.15, 0.2) is 24.5 Å². The van der Waals surface area contributed by atoms with Crippen molar-refractivity contribution in [3.63, 3.8) is 0 Å². The van der Waals surface area contributed by atoms with E-state index < -0.39 is 0 Å². The maximum Gasteiger partial charge on any atom is 0.242 e. The lowest BCUT2D eigenvalue weighted by atomic mass is 10.2. The Balaban J connectivity index is 1.82. The van der Waals surface area contributed by atoms with Crippen LogP contribution >= 0.6 is 0 Å². The van der Waals surface area contributed by atoms with Crippen LogP contribution in [0.2, 0.25) is 0 Å². The van der Waals surface area contributed by atoms with E-state index in [0.717, 1.165) is 24.2 Å². The number of ether oxygens (including phenoxy) is 1. The minimum absolute atomic E-state index is 0.444. The molecule has 2 aromatic heterocycles. The van der Waals surface area contributed by atoms with Gasteiger partial charge in [0.15, 0.2) is 5.82 Å². The first-order valence-corrected chi connectivity index (χ1v) is 6.62. The fraction of sp³-hybridized carbons (Fsp3) is 0.357. The van der Waals surface area contributed by atoms with Crippen molar-refractivity contribution in [3.05, 3.63) is 35.9 Å². The molecule has 1 aliphatic carbocycles. The third-order valence-corrected chi connectivity index (χ3v) is 3.27. The van der Waals surface area contributed by atoms with Gasteiger partial charge in [0.2, 0.25) is 5.88 Å². The molecule has 1 saturated carbocycles. The SMILES string of the molecule is COc1nc(C2CC2)nc(NCc2ccncc2)c1N. The van der Waals surface area contributed by atoms with Gasteiger partial charge in [-0.1, -0.05) is 0 Å². The van der Waals surface area contributed by atoms with Crippen LogP contribution in [0.4, 0.5) is 11.5 Å². The van der Waals surface area contributed by atoms with Gasteiger partial charge in [-0.25, -0.2) is 4.98 Å². The Morgan fingerprint density at radius 3 is 2.70 bits per heavy atom. The zero-order chi connectivity index (χ0) is 13.9. The number of nitrogens with one attached hydrogen (secondary N) is 1. The highest BCUT2D eigenvalue weighted by atomic mass is 16.5. The van der Waals surface area contributed by atoms with E-state index in [-0.39, 0.29) is 0 Å². The molecule has 0 aliphatic heterocycles. The number of methoxy groups -OCH3 is 1. The molecule has 0 bridgehead atoms. The number of pyridine rings is 1. The van der Waals surface area contributed by atoms with Crippen molar-refractivity contribution < 1.29 is 4.74 Å². The van der Waals surface area contributed by atoms with Gasteiger partial charge in [-0.05, 0) is 30.5 Å². The Hall–Kier alpha value is -2.37. The molecule has 104 valence electrons. The molecule has 6 heteroatoms. The standard InChI is InChI=1S/C14H17N5O/c1-20-14-11(15)13(18-12(19-14)10-2-3-10)17-8-9-4-6-16-7-5-9/h4-7,10H,2-3,8,15H2,1H3,(H,17,18,19). The summed E-state index contributed by atoms with van der Waals surface area (Å²) in [6, 6.07) is 3.90. The van der Waals surface area contributed by atoms with Gasteiger partial charge < -0.3 is 15.8 Å². The molecule has 2 heterocycles. The second-order valence-corrected chi connectivity index (χ2v) is 4.84. The zero-order valence-corrected chi connectivity index (χ0v) is 11.3. The van der Waals surface area contributed by atoms with Gasteiger partial charge in [0.25, 0.3) is 0 Å². The third kappa shape index (κ3) is 2.64. The first kappa shape index (κ1) is 12.7. The van der Waals surface area contributed by atoms with Gasteiger partial charge in [-0.2, -0.15) is 4.98 Å². The van der Waals surface area contributed by atoms with Gasteiger partial charge in [-0.3, -0.25) is 4.98 Å². The molecular weight excluding hydrogens is 254 g/mol. The van der Waals surface area contributed by atoms with Crippen LogP contribution in [-0.4, -0.2) is 22.1 Å². The van der Waals surface area contributed by atoms with Gasteiger partial charge in [-0.15, -0.1) is 0 Å². The average Bonchev–Trinajstić information content (AvgIpc) is 3.32. The number of rotatable bonds is 5.